The van der Waals surface area contributed by atoms with E-state index < -0.39 is 6.04 Å². The van der Waals surface area contributed by atoms with Gasteiger partial charge in [0.2, 0.25) is 5.91 Å². The van der Waals surface area contributed by atoms with E-state index in [0.717, 1.165) is 12.0 Å². The Morgan fingerprint density at radius 1 is 1.26 bits per heavy atom. The predicted molar refractivity (Wildman–Crippen MR) is 85.1 cm³/mol. The zero-order chi connectivity index (χ0) is 16.4. The summed E-state index contributed by atoms with van der Waals surface area (Å²) in [5, 5.41) is 6.47. The number of aromatic nitrogens is 1. The van der Waals surface area contributed by atoms with Crippen LogP contribution in [0.4, 0.5) is 5.82 Å². The molecule has 0 aliphatic carbocycles. The van der Waals surface area contributed by atoms with Gasteiger partial charge >= 0.3 is 0 Å². The van der Waals surface area contributed by atoms with Crippen LogP contribution < -0.4 is 5.32 Å². The number of rotatable bonds is 3. The maximum absolute atomic E-state index is 12.6. The van der Waals surface area contributed by atoms with Crippen LogP contribution >= 0.6 is 0 Å². The van der Waals surface area contributed by atoms with Crippen molar-refractivity contribution in [3.05, 3.63) is 47.2 Å². The van der Waals surface area contributed by atoms with Crippen molar-refractivity contribution in [3.8, 4) is 0 Å². The zero-order valence-electron chi connectivity index (χ0n) is 13.2. The van der Waals surface area contributed by atoms with E-state index in [0.29, 0.717) is 30.1 Å². The molecule has 120 valence electrons. The highest BCUT2D eigenvalue weighted by Crippen LogP contribution is 2.22. The van der Waals surface area contributed by atoms with Crippen LogP contribution in [0.25, 0.3) is 0 Å². The number of likely N-dealkylation sites (tertiary alicyclic amines) is 1. The molecule has 6 heteroatoms. The summed E-state index contributed by atoms with van der Waals surface area (Å²) in [5.41, 5.74) is 1.70. The third-order valence-electron chi connectivity index (χ3n) is 3.99. The maximum atomic E-state index is 12.6. The van der Waals surface area contributed by atoms with Crippen molar-refractivity contribution in [2.75, 3.05) is 11.9 Å². The van der Waals surface area contributed by atoms with E-state index in [1.54, 1.807) is 30.0 Å². The first-order valence-corrected chi connectivity index (χ1v) is 7.66. The summed E-state index contributed by atoms with van der Waals surface area (Å²) in [5.74, 6) is 0.664. The van der Waals surface area contributed by atoms with Gasteiger partial charge in [0.15, 0.2) is 5.82 Å². The lowest BCUT2D eigenvalue weighted by Gasteiger charge is -2.23. The summed E-state index contributed by atoms with van der Waals surface area (Å²) in [7, 11) is 0. The average molecular weight is 313 g/mol. The Kier molecular flexibility index (Phi) is 4.14. The molecule has 1 fully saturated rings. The van der Waals surface area contributed by atoms with Gasteiger partial charge in [0.25, 0.3) is 5.91 Å². The molecular formula is C17H19N3O3. The average Bonchev–Trinajstić information content (AvgIpc) is 3.16. The molecule has 1 aliphatic rings. The second-order valence-corrected chi connectivity index (χ2v) is 5.83. The molecule has 1 aromatic carbocycles. The second kappa shape index (κ2) is 6.24. The minimum absolute atomic E-state index is 0.112. The molecule has 1 N–H and O–H groups in total. The van der Waals surface area contributed by atoms with Crippen LogP contribution in [0, 0.1) is 13.8 Å². The van der Waals surface area contributed by atoms with E-state index in [9.17, 15) is 9.59 Å². The molecule has 0 bridgehead atoms. The van der Waals surface area contributed by atoms with Gasteiger partial charge in [-0.05, 0) is 38.8 Å². The Hall–Kier alpha value is -2.63. The topological polar surface area (TPSA) is 75.4 Å². The van der Waals surface area contributed by atoms with E-state index in [4.69, 9.17) is 4.52 Å². The van der Waals surface area contributed by atoms with Crippen molar-refractivity contribution in [2.24, 2.45) is 0 Å². The molecule has 0 saturated carbocycles. The molecule has 0 radical (unpaired) electrons. The summed E-state index contributed by atoms with van der Waals surface area (Å²) in [6, 6.07) is 8.57. The first-order valence-electron chi connectivity index (χ1n) is 7.66. The number of benzene rings is 1. The molecule has 3 rings (SSSR count). The lowest BCUT2D eigenvalue weighted by atomic mass is 10.1. The number of anilines is 1. The fourth-order valence-corrected chi connectivity index (χ4v) is 2.78. The molecule has 23 heavy (non-hydrogen) atoms. The number of nitrogens with one attached hydrogen (secondary N) is 1. The van der Waals surface area contributed by atoms with E-state index >= 15 is 0 Å². The number of carbonyl (C=O) groups excluding carboxylic acids is 2. The van der Waals surface area contributed by atoms with Crippen molar-refractivity contribution < 1.29 is 14.1 Å². The van der Waals surface area contributed by atoms with Gasteiger partial charge in [0.05, 0.1) is 0 Å². The van der Waals surface area contributed by atoms with Crippen molar-refractivity contribution in [1.29, 1.82) is 0 Å². The number of nitrogens with zero attached hydrogens (tertiary/aromatic N) is 2. The highest BCUT2D eigenvalue weighted by molar-refractivity contribution is 6.01. The number of hydrogen-bond acceptors (Lipinski definition) is 4. The summed E-state index contributed by atoms with van der Waals surface area (Å²) in [6.45, 7) is 4.31. The lowest BCUT2D eigenvalue weighted by molar-refractivity contribution is -0.119. The third kappa shape index (κ3) is 3.26. The number of carbonyl (C=O) groups is 2. The molecule has 1 aromatic heterocycles. The largest absolute Gasteiger partial charge is 0.360 e. The Balaban J connectivity index is 1.73. The zero-order valence-corrected chi connectivity index (χ0v) is 13.2. The Bertz CT molecular complexity index is 721. The number of aryl methyl sites for hydroxylation is 2. The van der Waals surface area contributed by atoms with Gasteiger partial charge in [-0.3, -0.25) is 9.59 Å². The third-order valence-corrected chi connectivity index (χ3v) is 3.99. The molecule has 0 unspecified atom stereocenters. The van der Waals surface area contributed by atoms with Crippen LogP contribution in [0.2, 0.25) is 0 Å². The van der Waals surface area contributed by atoms with Crippen LogP contribution in [-0.2, 0) is 4.79 Å². The van der Waals surface area contributed by atoms with Crippen LogP contribution in [0.15, 0.2) is 34.9 Å². The highest BCUT2D eigenvalue weighted by atomic mass is 16.5. The first kappa shape index (κ1) is 15.3. The van der Waals surface area contributed by atoms with Crippen molar-refractivity contribution in [3.63, 3.8) is 0 Å². The first-order chi connectivity index (χ1) is 11.0. The van der Waals surface area contributed by atoms with Crippen molar-refractivity contribution in [2.45, 2.75) is 32.7 Å². The quantitative estimate of drug-likeness (QED) is 0.945. The monoisotopic (exact) mass is 313 g/mol. The van der Waals surface area contributed by atoms with Gasteiger partial charge in [-0.15, -0.1) is 0 Å². The fraction of sp³-hybridized carbons (Fsp3) is 0.353. The number of amides is 2. The van der Waals surface area contributed by atoms with E-state index in [1.807, 2.05) is 19.1 Å². The normalized spacial score (nSPS) is 17.3. The molecule has 1 saturated heterocycles. The predicted octanol–water partition coefficient (Wildman–Crippen LogP) is 2.53. The maximum Gasteiger partial charge on any atom is 0.254 e. The minimum Gasteiger partial charge on any atom is -0.360 e. The van der Waals surface area contributed by atoms with Gasteiger partial charge in [-0.2, -0.15) is 0 Å². The molecule has 1 atom stereocenters. The van der Waals surface area contributed by atoms with Gasteiger partial charge < -0.3 is 14.7 Å². The fourth-order valence-electron chi connectivity index (χ4n) is 2.78. The van der Waals surface area contributed by atoms with Crippen LogP contribution in [-0.4, -0.2) is 34.5 Å². The molecule has 1 aliphatic heterocycles. The SMILES string of the molecule is Cc1ccc(C(=O)N2CCC[C@H]2C(=O)Nc2cc(C)on2)cc1. The molecule has 2 amide bonds. The summed E-state index contributed by atoms with van der Waals surface area (Å²) in [6.07, 6.45) is 1.47. The van der Waals surface area contributed by atoms with Crippen LogP contribution in [0.5, 0.6) is 0 Å². The van der Waals surface area contributed by atoms with E-state index in [1.165, 1.54) is 0 Å². The highest BCUT2D eigenvalue weighted by Gasteiger charge is 2.34. The van der Waals surface area contributed by atoms with Crippen molar-refractivity contribution >= 4 is 17.6 Å². The van der Waals surface area contributed by atoms with E-state index in [2.05, 4.69) is 10.5 Å². The van der Waals surface area contributed by atoms with Gasteiger partial charge in [-0.25, -0.2) is 0 Å². The second-order valence-electron chi connectivity index (χ2n) is 5.83. The Morgan fingerprint density at radius 3 is 2.65 bits per heavy atom. The molecule has 6 nitrogen and oxygen atoms in total. The molecule has 2 heterocycles. The smallest absolute Gasteiger partial charge is 0.254 e. The van der Waals surface area contributed by atoms with Gasteiger partial charge in [0.1, 0.15) is 11.8 Å². The van der Waals surface area contributed by atoms with Gasteiger partial charge in [-0.1, -0.05) is 22.9 Å². The molecule has 0 spiro atoms. The lowest BCUT2D eigenvalue weighted by Crippen LogP contribution is -2.43. The molecule has 2 aromatic rings. The van der Waals surface area contributed by atoms with Crippen molar-refractivity contribution in [1.82, 2.24) is 10.1 Å². The molecular weight excluding hydrogens is 294 g/mol. The summed E-state index contributed by atoms with van der Waals surface area (Å²) < 4.78 is 4.94. The summed E-state index contributed by atoms with van der Waals surface area (Å²) in [4.78, 5) is 26.7. The van der Waals surface area contributed by atoms with Crippen LogP contribution in [0.3, 0.4) is 0 Å². The van der Waals surface area contributed by atoms with Crippen LogP contribution in [0.1, 0.15) is 34.5 Å². The van der Waals surface area contributed by atoms with Gasteiger partial charge in [0, 0.05) is 18.2 Å². The standard InChI is InChI=1S/C17H19N3O3/c1-11-5-7-13(8-6-11)17(22)20-9-3-4-14(20)16(21)18-15-10-12(2)23-19-15/h5-8,10,14H,3-4,9H2,1-2H3,(H,18,19,21)/t14-/m0/s1. The Labute approximate surface area is 134 Å². The minimum atomic E-state index is -0.471. The number of hydrogen-bond donors (Lipinski definition) is 1. The van der Waals surface area contributed by atoms with E-state index in [-0.39, 0.29) is 11.8 Å². The Morgan fingerprint density at radius 2 is 2.00 bits per heavy atom. The summed E-state index contributed by atoms with van der Waals surface area (Å²) >= 11 is 0.